The van der Waals surface area contributed by atoms with Gasteiger partial charge in [0, 0.05) is 12.0 Å². The van der Waals surface area contributed by atoms with Crippen molar-refractivity contribution in [3.63, 3.8) is 0 Å². The van der Waals surface area contributed by atoms with E-state index in [1.807, 2.05) is 10.6 Å². The van der Waals surface area contributed by atoms with Crippen LogP contribution in [0.1, 0.15) is 38.0 Å². The first kappa shape index (κ1) is 14.0. The topological polar surface area (TPSA) is 30.7 Å². The summed E-state index contributed by atoms with van der Waals surface area (Å²) in [5, 5.41) is 8.29. The number of hydrogen-bond acceptors (Lipinski definition) is 2. The number of rotatable bonds is 3. The third-order valence-electron chi connectivity index (χ3n) is 2.84. The number of alkyl halides is 1. The highest BCUT2D eigenvalue weighted by molar-refractivity contribution is 6.16. The fourth-order valence-electron chi connectivity index (χ4n) is 2.16. The minimum atomic E-state index is -0.239. The van der Waals surface area contributed by atoms with E-state index in [-0.39, 0.29) is 11.4 Å². The van der Waals surface area contributed by atoms with Crippen LogP contribution in [0.4, 0.5) is 4.39 Å². The molecule has 0 N–H and O–H groups in total. The molecule has 0 fully saturated rings. The smallest absolute Gasteiger partial charge is 0.148 e. The van der Waals surface area contributed by atoms with Crippen LogP contribution in [0.3, 0.4) is 0 Å². The second-order valence-corrected chi connectivity index (χ2v) is 5.75. The van der Waals surface area contributed by atoms with Crippen LogP contribution < -0.4 is 0 Å². The summed E-state index contributed by atoms with van der Waals surface area (Å²) in [5.41, 5.74) is 0.718. The van der Waals surface area contributed by atoms with E-state index in [1.165, 1.54) is 12.1 Å². The van der Waals surface area contributed by atoms with Gasteiger partial charge in [-0.15, -0.1) is 21.8 Å². The van der Waals surface area contributed by atoms with Gasteiger partial charge in [0.05, 0.1) is 5.88 Å². The van der Waals surface area contributed by atoms with Crippen LogP contribution in [0.2, 0.25) is 0 Å². The molecule has 0 spiro atoms. The van der Waals surface area contributed by atoms with Gasteiger partial charge in [-0.25, -0.2) is 4.39 Å². The molecule has 5 heteroatoms. The Morgan fingerprint density at radius 1 is 1.21 bits per heavy atom. The number of hydrogen-bond donors (Lipinski definition) is 0. The monoisotopic (exact) mass is 281 g/mol. The highest BCUT2D eigenvalue weighted by Crippen LogP contribution is 2.21. The Morgan fingerprint density at radius 3 is 2.47 bits per heavy atom. The molecule has 1 aromatic carbocycles. The summed E-state index contributed by atoms with van der Waals surface area (Å²) < 4.78 is 15.2. The predicted octanol–water partition coefficient (Wildman–Crippen LogP) is 3.50. The molecule has 0 aliphatic heterocycles. The minimum Gasteiger partial charge on any atom is -0.308 e. The fourth-order valence-corrected chi connectivity index (χ4v) is 2.33. The van der Waals surface area contributed by atoms with Crippen molar-refractivity contribution < 1.29 is 4.39 Å². The standard InChI is InChI=1S/C14H17ClFN3/c1-14(2,3)19-12(17-18-13(19)9-15)8-10-5-4-6-11(16)7-10/h4-7H,8-9H2,1-3H3. The molecule has 0 radical (unpaired) electrons. The molecule has 0 bridgehead atoms. The van der Waals surface area contributed by atoms with Crippen molar-refractivity contribution in [3.8, 4) is 0 Å². The maximum Gasteiger partial charge on any atom is 0.148 e. The lowest BCUT2D eigenvalue weighted by atomic mass is 10.1. The van der Waals surface area contributed by atoms with Crippen molar-refractivity contribution in [3.05, 3.63) is 47.3 Å². The zero-order valence-electron chi connectivity index (χ0n) is 11.3. The Kier molecular flexibility index (Phi) is 3.90. The molecular formula is C14H17ClFN3. The summed E-state index contributed by atoms with van der Waals surface area (Å²) in [6.07, 6.45) is 0.541. The normalized spacial score (nSPS) is 11.8. The molecule has 1 heterocycles. The second-order valence-electron chi connectivity index (χ2n) is 5.48. The van der Waals surface area contributed by atoms with E-state index >= 15 is 0 Å². The van der Waals surface area contributed by atoms with Crippen LogP contribution in [0.5, 0.6) is 0 Å². The summed E-state index contributed by atoms with van der Waals surface area (Å²) in [7, 11) is 0. The van der Waals surface area contributed by atoms with Gasteiger partial charge < -0.3 is 4.57 Å². The van der Waals surface area contributed by atoms with Crippen LogP contribution in [0, 0.1) is 5.82 Å². The molecule has 0 amide bonds. The molecule has 0 unspecified atom stereocenters. The van der Waals surface area contributed by atoms with E-state index in [1.54, 1.807) is 6.07 Å². The molecule has 19 heavy (non-hydrogen) atoms. The Morgan fingerprint density at radius 2 is 1.89 bits per heavy atom. The van der Waals surface area contributed by atoms with E-state index in [0.717, 1.165) is 17.2 Å². The van der Waals surface area contributed by atoms with Crippen LogP contribution in [0.25, 0.3) is 0 Å². The largest absolute Gasteiger partial charge is 0.308 e. The number of nitrogens with zero attached hydrogens (tertiary/aromatic N) is 3. The summed E-state index contributed by atoms with van der Waals surface area (Å²) in [5.74, 6) is 1.61. The third kappa shape index (κ3) is 3.13. The Labute approximate surface area is 117 Å². The summed E-state index contributed by atoms with van der Waals surface area (Å²) >= 11 is 5.90. The molecule has 0 atom stereocenters. The predicted molar refractivity (Wildman–Crippen MR) is 73.8 cm³/mol. The van der Waals surface area contributed by atoms with Gasteiger partial charge in [0.2, 0.25) is 0 Å². The average Bonchev–Trinajstić information content (AvgIpc) is 2.71. The van der Waals surface area contributed by atoms with E-state index in [2.05, 4.69) is 31.0 Å². The van der Waals surface area contributed by atoms with Gasteiger partial charge in [-0.1, -0.05) is 12.1 Å². The van der Waals surface area contributed by atoms with Gasteiger partial charge in [0.25, 0.3) is 0 Å². The zero-order valence-corrected chi connectivity index (χ0v) is 12.1. The van der Waals surface area contributed by atoms with Crippen LogP contribution in [-0.4, -0.2) is 14.8 Å². The molecule has 102 valence electrons. The van der Waals surface area contributed by atoms with Crippen molar-refractivity contribution in [2.24, 2.45) is 0 Å². The Bertz CT molecular complexity index is 572. The summed E-state index contributed by atoms with van der Waals surface area (Å²) in [6, 6.07) is 6.53. The maximum atomic E-state index is 13.2. The lowest BCUT2D eigenvalue weighted by molar-refractivity contribution is 0.375. The molecule has 3 nitrogen and oxygen atoms in total. The molecular weight excluding hydrogens is 265 g/mol. The summed E-state index contributed by atoms with van der Waals surface area (Å²) in [6.45, 7) is 6.21. The van der Waals surface area contributed by atoms with Gasteiger partial charge in [-0.3, -0.25) is 0 Å². The molecule has 2 aromatic rings. The van der Waals surface area contributed by atoms with Crippen LogP contribution in [-0.2, 0) is 17.8 Å². The molecule has 0 aliphatic rings. The second kappa shape index (κ2) is 5.29. The highest BCUT2D eigenvalue weighted by Gasteiger charge is 2.22. The third-order valence-corrected chi connectivity index (χ3v) is 3.08. The van der Waals surface area contributed by atoms with Crippen LogP contribution in [0.15, 0.2) is 24.3 Å². The molecule has 0 aliphatic carbocycles. The number of halogens is 2. The SMILES string of the molecule is CC(C)(C)n1c(CCl)nnc1Cc1cccc(F)c1. The lowest BCUT2D eigenvalue weighted by Crippen LogP contribution is -2.26. The van der Waals surface area contributed by atoms with Gasteiger partial charge in [-0.2, -0.15) is 0 Å². The van der Waals surface area contributed by atoms with E-state index in [9.17, 15) is 4.39 Å². The molecule has 0 saturated heterocycles. The van der Waals surface area contributed by atoms with Gasteiger partial charge in [0.15, 0.2) is 0 Å². The highest BCUT2D eigenvalue weighted by atomic mass is 35.5. The quantitative estimate of drug-likeness (QED) is 0.806. The first-order valence-electron chi connectivity index (χ1n) is 6.16. The zero-order chi connectivity index (χ0) is 14.0. The lowest BCUT2D eigenvalue weighted by Gasteiger charge is -2.24. The number of aromatic nitrogens is 3. The fraction of sp³-hybridized carbons (Fsp3) is 0.429. The van der Waals surface area contributed by atoms with Crippen molar-refractivity contribution in [1.82, 2.24) is 14.8 Å². The first-order chi connectivity index (χ1) is 8.91. The first-order valence-corrected chi connectivity index (χ1v) is 6.69. The van der Waals surface area contributed by atoms with Crippen molar-refractivity contribution in [2.45, 2.75) is 38.6 Å². The van der Waals surface area contributed by atoms with Gasteiger partial charge in [0.1, 0.15) is 17.5 Å². The van der Waals surface area contributed by atoms with E-state index in [4.69, 9.17) is 11.6 Å². The minimum absolute atomic E-state index is 0.156. The maximum absolute atomic E-state index is 13.2. The Balaban J connectivity index is 2.38. The van der Waals surface area contributed by atoms with Gasteiger partial charge in [-0.05, 0) is 38.5 Å². The van der Waals surface area contributed by atoms with E-state index < -0.39 is 0 Å². The average molecular weight is 282 g/mol. The van der Waals surface area contributed by atoms with Crippen molar-refractivity contribution in [2.75, 3.05) is 0 Å². The molecule has 0 saturated carbocycles. The molecule has 1 aromatic heterocycles. The summed E-state index contributed by atoms with van der Waals surface area (Å²) in [4.78, 5) is 0. The van der Waals surface area contributed by atoms with Crippen molar-refractivity contribution >= 4 is 11.6 Å². The molecule has 2 rings (SSSR count). The van der Waals surface area contributed by atoms with Crippen LogP contribution >= 0.6 is 11.6 Å². The van der Waals surface area contributed by atoms with Gasteiger partial charge >= 0.3 is 0 Å². The van der Waals surface area contributed by atoms with Crippen molar-refractivity contribution in [1.29, 1.82) is 0 Å². The Hall–Kier alpha value is -1.42. The van der Waals surface area contributed by atoms with E-state index in [0.29, 0.717) is 12.3 Å². The number of benzene rings is 1.